The molecule has 0 aromatic rings. The monoisotopic (exact) mass is 801 g/mol. The number of hydrogen-bond acceptors (Lipinski definition) is 10. The molecule has 1 rings (SSSR count). The first-order chi connectivity index (χ1) is 26.6. The second-order valence-electron chi connectivity index (χ2n) is 15.2. The van der Waals surface area contributed by atoms with E-state index >= 15 is 0 Å². The fraction of sp³-hybridized carbons (Fsp3) is 0.814. The summed E-state index contributed by atoms with van der Waals surface area (Å²) < 4.78 is 38.4. The molecule has 1 saturated heterocycles. The van der Waals surface area contributed by atoms with Gasteiger partial charge in [0.2, 0.25) is 0 Å². The van der Waals surface area contributed by atoms with Crippen molar-refractivity contribution >= 4 is 19.8 Å². The van der Waals surface area contributed by atoms with Crippen LogP contribution in [0.2, 0.25) is 0 Å². The van der Waals surface area contributed by atoms with Crippen LogP contribution in [-0.2, 0) is 37.4 Å². The first-order valence-corrected chi connectivity index (χ1v) is 22.9. The van der Waals surface area contributed by atoms with Crippen molar-refractivity contribution < 1.29 is 52.5 Å². The van der Waals surface area contributed by atoms with E-state index in [9.17, 15) is 24.2 Å². The molecule has 5 atom stereocenters. The van der Waals surface area contributed by atoms with Crippen molar-refractivity contribution in [3.8, 4) is 0 Å². The van der Waals surface area contributed by atoms with E-state index in [1.165, 1.54) is 70.6 Å². The van der Waals surface area contributed by atoms with E-state index in [0.717, 1.165) is 50.9 Å². The molecule has 0 aromatic carbocycles. The third-order valence-corrected chi connectivity index (χ3v) is 10.3. The number of carbonyl (C=O) groups is 2. The summed E-state index contributed by atoms with van der Waals surface area (Å²) in [5.41, 5.74) is 0. The minimum Gasteiger partial charge on any atom is -0.462 e. The lowest BCUT2D eigenvalue weighted by Gasteiger charge is -2.20. The van der Waals surface area contributed by atoms with Gasteiger partial charge in [0.15, 0.2) is 6.10 Å². The van der Waals surface area contributed by atoms with Crippen molar-refractivity contribution in [3.63, 3.8) is 0 Å². The van der Waals surface area contributed by atoms with Crippen molar-refractivity contribution in [1.29, 1.82) is 0 Å². The van der Waals surface area contributed by atoms with Gasteiger partial charge in [0.05, 0.1) is 32.0 Å². The summed E-state index contributed by atoms with van der Waals surface area (Å²) in [6, 6.07) is 0. The van der Waals surface area contributed by atoms with Gasteiger partial charge in [-0.05, 0) is 57.3 Å². The first kappa shape index (κ1) is 51.2. The van der Waals surface area contributed by atoms with E-state index in [-0.39, 0.29) is 19.4 Å². The van der Waals surface area contributed by atoms with Crippen LogP contribution in [0.1, 0.15) is 168 Å². The van der Waals surface area contributed by atoms with E-state index in [0.29, 0.717) is 31.5 Å². The molecule has 0 spiro atoms. The molecular formula is C43H77O11P. The van der Waals surface area contributed by atoms with Crippen molar-refractivity contribution in [2.45, 2.75) is 193 Å². The molecule has 0 radical (unpaired) electrons. The summed E-state index contributed by atoms with van der Waals surface area (Å²) >= 11 is 0. The maximum absolute atomic E-state index is 12.6. The first-order valence-electron chi connectivity index (χ1n) is 21.4. The molecule has 0 saturated carbocycles. The van der Waals surface area contributed by atoms with Crippen molar-refractivity contribution in [2.75, 3.05) is 26.4 Å². The highest BCUT2D eigenvalue weighted by Gasteiger charge is 2.36. The Hall–Kier alpha value is -1.85. The lowest BCUT2D eigenvalue weighted by Crippen LogP contribution is -2.29. The molecule has 0 amide bonds. The van der Waals surface area contributed by atoms with Gasteiger partial charge in [-0.15, -0.1) is 0 Å². The van der Waals surface area contributed by atoms with Gasteiger partial charge >= 0.3 is 19.8 Å². The Kier molecular flexibility index (Phi) is 31.8. The quantitative estimate of drug-likeness (QED) is 0.0179. The van der Waals surface area contributed by atoms with E-state index < -0.39 is 51.8 Å². The van der Waals surface area contributed by atoms with Crippen molar-refractivity contribution in [2.24, 2.45) is 5.92 Å². The maximum atomic E-state index is 12.6. The molecule has 55 heavy (non-hydrogen) atoms. The molecule has 1 aliphatic heterocycles. The van der Waals surface area contributed by atoms with Crippen LogP contribution in [0.4, 0.5) is 0 Å². The average molecular weight is 801 g/mol. The molecule has 11 nitrogen and oxygen atoms in total. The highest BCUT2D eigenvalue weighted by Crippen LogP contribution is 2.43. The Morgan fingerprint density at radius 1 is 0.691 bits per heavy atom. The van der Waals surface area contributed by atoms with Gasteiger partial charge in [0.1, 0.15) is 12.7 Å². The fourth-order valence-corrected chi connectivity index (χ4v) is 6.71. The van der Waals surface area contributed by atoms with Gasteiger partial charge in [-0.1, -0.05) is 141 Å². The Morgan fingerprint density at radius 3 is 1.87 bits per heavy atom. The van der Waals surface area contributed by atoms with Gasteiger partial charge < -0.3 is 29.3 Å². The predicted octanol–water partition coefficient (Wildman–Crippen LogP) is 10.0. The van der Waals surface area contributed by atoms with Gasteiger partial charge in [0, 0.05) is 12.8 Å². The molecule has 1 aliphatic rings. The number of phosphoric acid groups is 1. The molecule has 3 N–H and O–H groups in total. The van der Waals surface area contributed by atoms with Gasteiger partial charge in [-0.25, -0.2) is 4.57 Å². The zero-order valence-corrected chi connectivity index (χ0v) is 35.4. The van der Waals surface area contributed by atoms with Crippen LogP contribution in [0.15, 0.2) is 36.5 Å². The van der Waals surface area contributed by atoms with Crippen LogP contribution in [0, 0.1) is 5.92 Å². The smallest absolute Gasteiger partial charge is 0.462 e. The van der Waals surface area contributed by atoms with Crippen LogP contribution in [0.3, 0.4) is 0 Å². The van der Waals surface area contributed by atoms with E-state index in [4.69, 9.17) is 23.8 Å². The second kappa shape index (κ2) is 34.2. The number of aliphatic hydroxyl groups is 2. The van der Waals surface area contributed by atoms with Crippen LogP contribution in [0.25, 0.3) is 0 Å². The third-order valence-electron chi connectivity index (χ3n) is 9.38. The van der Waals surface area contributed by atoms with Crippen LogP contribution in [-0.4, -0.2) is 77.9 Å². The lowest BCUT2D eigenvalue weighted by atomic mass is 10.0. The number of rotatable bonds is 38. The number of unbranched alkanes of at least 4 members (excludes halogenated alkanes) is 14. The van der Waals surface area contributed by atoms with Crippen molar-refractivity contribution in [1.82, 2.24) is 0 Å². The summed E-state index contributed by atoms with van der Waals surface area (Å²) in [5, 5.41) is 18.3. The number of hydrogen-bond donors (Lipinski definition) is 3. The van der Waals surface area contributed by atoms with Crippen LogP contribution in [0.5, 0.6) is 0 Å². The largest absolute Gasteiger partial charge is 0.472 e. The average Bonchev–Trinajstić information content (AvgIpc) is 3.91. The number of epoxide rings is 1. The molecule has 3 unspecified atom stereocenters. The fourth-order valence-electron chi connectivity index (χ4n) is 5.92. The van der Waals surface area contributed by atoms with E-state index in [1.54, 1.807) is 0 Å². The Morgan fingerprint density at radius 2 is 1.24 bits per heavy atom. The topological polar surface area (TPSA) is 161 Å². The van der Waals surface area contributed by atoms with E-state index in [1.807, 2.05) is 12.2 Å². The molecule has 0 aromatic heterocycles. The van der Waals surface area contributed by atoms with Gasteiger partial charge in [-0.2, -0.15) is 0 Å². The number of esters is 2. The van der Waals surface area contributed by atoms with Crippen molar-refractivity contribution in [3.05, 3.63) is 36.5 Å². The Labute approximate surface area is 333 Å². The van der Waals surface area contributed by atoms with E-state index in [2.05, 4.69) is 49.6 Å². The zero-order chi connectivity index (χ0) is 40.4. The molecule has 320 valence electrons. The SMILES string of the molecule is CCCCC/C=C\CC1OC1C/C=C\C/C=C\CCCC(=O)O[C@H](COC(=O)CCCCCCCCCCCCCC(C)C)COP(=O)(O)OC[C@@H](O)CO. The third kappa shape index (κ3) is 32.9. The molecule has 0 aliphatic carbocycles. The summed E-state index contributed by atoms with van der Waals surface area (Å²) in [4.78, 5) is 35.0. The molecular weight excluding hydrogens is 723 g/mol. The number of phosphoric ester groups is 1. The number of ether oxygens (including phenoxy) is 3. The van der Waals surface area contributed by atoms with Gasteiger partial charge in [0.25, 0.3) is 0 Å². The molecule has 12 heteroatoms. The zero-order valence-electron chi connectivity index (χ0n) is 34.5. The Balaban J connectivity index is 2.30. The van der Waals surface area contributed by atoms with Crippen LogP contribution >= 0.6 is 7.82 Å². The highest BCUT2D eigenvalue weighted by molar-refractivity contribution is 7.47. The minimum absolute atomic E-state index is 0.104. The molecule has 1 heterocycles. The maximum Gasteiger partial charge on any atom is 0.472 e. The predicted molar refractivity (Wildman–Crippen MR) is 218 cm³/mol. The number of carbonyl (C=O) groups excluding carboxylic acids is 2. The van der Waals surface area contributed by atoms with Crippen LogP contribution < -0.4 is 0 Å². The minimum atomic E-state index is -4.63. The highest BCUT2D eigenvalue weighted by atomic mass is 31.2. The number of allylic oxidation sites excluding steroid dienone is 4. The Bertz CT molecular complexity index is 1090. The standard InChI is InChI=1S/C43H77O11P/c1-4-5-6-7-19-24-29-40-41(54-40)30-25-20-15-13-17-22-27-32-43(47)53-39(36-52-55(48,49)51-34-38(45)33-44)35-50-42(46)31-26-21-16-12-10-8-9-11-14-18-23-28-37(2)3/h13,17,19-20,24-25,37-41,44-45H,4-12,14-16,18,21-23,26-36H2,1-3H3,(H,48,49)/b17-13-,24-19-,25-20-/t38-,39+,40?,41?/m0/s1. The molecule has 1 fully saturated rings. The summed E-state index contributed by atoms with van der Waals surface area (Å²) in [6.45, 7) is 4.59. The summed E-state index contributed by atoms with van der Waals surface area (Å²) in [7, 11) is -4.63. The lowest BCUT2D eigenvalue weighted by molar-refractivity contribution is -0.161. The normalized spacial score (nSPS) is 18.0. The summed E-state index contributed by atoms with van der Waals surface area (Å²) in [6.07, 6.45) is 34.4. The number of aliphatic hydroxyl groups excluding tert-OH is 2. The second-order valence-corrected chi connectivity index (χ2v) is 16.7. The van der Waals surface area contributed by atoms with Gasteiger partial charge in [-0.3, -0.25) is 18.6 Å². The molecule has 0 bridgehead atoms. The summed E-state index contributed by atoms with van der Waals surface area (Å²) in [5.74, 6) is -0.199.